The molecule has 1 aromatic carbocycles. The van der Waals surface area contributed by atoms with Crippen LogP contribution in [0.3, 0.4) is 0 Å². The van der Waals surface area contributed by atoms with E-state index in [0.717, 1.165) is 44.7 Å². The summed E-state index contributed by atoms with van der Waals surface area (Å²) in [5, 5.41) is 11.0. The Hall–Kier alpha value is -0.850. The fourth-order valence-corrected chi connectivity index (χ4v) is 3.61. The van der Waals surface area contributed by atoms with Crippen LogP contribution in [0.5, 0.6) is 5.75 Å². The topological polar surface area (TPSA) is 68.0 Å². The number of halogens is 1. The molecule has 0 radical (unpaired) electrons. The molecule has 2 aliphatic rings. The molecule has 2 heterocycles. The van der Waals surface area contributed by atoms with E-state index in [1.54, 1.807) is 6.07 Å². The summed E-state index contributed by atoms with van der Waals surface area (Å²) in [4.78, 5) is 2.30. The van der Waals surface area contributed by atoms with Crippen molar-refractivity contribution < 1.29 is 14.6 Å². The molecule has 3 rings (SSSR count). The number of likely N-dealkylation sites (tertiary alicyclic amines) is 1. The van der Waals surface area contributed by atoms with Gasteiger partial charge in [0.25, 0.3) is 0 Å². The second kappa shape index (κ2) is 8.50. The molecule has 0 bridgehead atoms. The number of nitrogens with zero attached hydrogens (tertiary/aromatic N) is 1. The highest BCUT2D eigenvalue weighted by Gasteiger charge is 2.23. The molecule has 0 aliphatic carbocycles. The summed E-state index contributed by atoms with van der Waals surface area (Å²) >= 11 is 6.35. The molecule has 134 valence electrons. The van der Waals surface area contributed by atoms with E-state index in [1.165, 1.54) is 12.8 Å². The highest BCUT2D eigenvalue weighted by Crippen LogP contribution is 2.31. The first-order chi connectivity index (χ1) is 11.6. The van der Waals surface area contributed by atoms with Crippen LogP contribution in [0.4, 0.5) is 0 Å². The summed E-state index contributed by atoms with van der Waals surface area (Å²) in [6, 6.07) is 5.14. The molecule has 1 aromatic rings. The van der Waals surface area contributed by atoms with Gasteiger partial charge in [0.1, 0.15) is 11.9 Å². The predicted octanol–water partition coefficient (Wildman–Crippen LogP) is 2.35. The first-order valence-electron chi connectivity index (χ1n) is 8.83. The third-order valence-electron chi connectivity index (χ3n) is 4.83. The number of nitrogens with two attached hydrogens (primary N) is 1. The molecule has 0 spiro atoms. The van der Waals surface area contributed by atoms with E-state index in [-0.39, 0.29) is 12.1 Å². The van der Waals surface area contributed by atoms with Crippen molar-refractivity contribution in [1.29, 1.82) is 0 Å². The molecule has 0 saturated carbocycles. The van der Waals surface area contributed by atoms with E-state index in [4.69, 9.17) is 26.8 Å². The molecule has 2 atom stereocenters. The predicted molar refractivity (Wildman–Crippen MR) is 94.5 cm³/mol. The van der Waals surface area contributed by atoms with Gasteiger partial charge in [-0.05, 0) is 43.6 Å². The lowest BCUT2D eigenvalue weighted by Crippen LogP contribution is -2.40. The van der Waals surface area contributed by atoms with Crippen molar-refractivity contribution in [2.24, 2.45) is 5.73 Å². The number of ether oxygens (including phenoxy) is 2. The number of benzene rings is 1. The molecule has 5 nitrogen and oxygen atoms in total. The fourth-order valence-electron chi connectivity index (χ4n) is 3.38. The van der Waals surface area contributed by atoms with Crippen LogP contribution in [0.1, 0.15) is 37.4 Å². The number of aliphatic hydroxyl groups is 1. The van der Waals surface area contributed by atoms with Gasteiger partial charge in [0, 0.05) is 25.4 Å². The van der Waals surface area contributed by atoms with Gasteiger partial charge >= 0.3 is 0 Å². The van der Waals surface area contributed by atoms with E-state index < -0.39 is 6.10 Å². The summed E-state index contributed by atoms with van der Waals surface area (Å²) < 4.78 is 11.3. The second-order valence-corrected chi connectivity index (χ2v) is 7.14. The number of hydrogen-bond acceptors (Lipinski definition) is 5. The normalized spacial score (nSPS) is 22.5. The van der Waals surface area contributed by atoms with Gasteiger partial charge in [-0.15, -0.1) is 0 Å². The third-order valence-corrected chi connectivity index (χ3v) is 5.13. The van der Waals surface area contributed by atoms with Gasteiger partial charge in [-0.1, -0.05) is 17.7 Å². The average molecular weight is 355 g/mol. The Balaban J connectivity index is 1.59. The molecule has 0 amide bonds. The Bertz CT molecular complexity index is 531. The van der Waals surface area contributed by atoms with Crippen LogP contribution in [-0.2, 0) is 4.74 Å². The van der Waals surface area contributed by atoms with Crippen LogP contribution in [0.15, 0.2) is 18.2 Å². The zero-order valence-corrected chi connectivity index (χ0v) is 14.8. The van der Waals surface area contributed by atoms with Crippen LogP contribution in [0.25, 0.3) is 0 Å². The Kier molecular flexibility index (Phi) is 6.36. The minimum absolute atomic E-state index is 0.143. The van der Waals surface area contributed by atoms with E-state index in [0.29, 0.717) is 17.3 Å². The van der Waals surface area contributed by atoms with Crippen LogP contribution >= 0.6 is 11.6 Å². The minimum Gasteiger partial charge on any atom is -0.489 e. The van der Waals surface area contributed by atoms with Gasteiger partial charge in [0.05, 0.1) is 24.3 Å². The first kappa shape index (κ1) is 18.0. The van der Waals surface area contributed by atoms with Crippen molar-refractivity contribution in [2.45, 2.75) is 43.9 Å². The average Bonchev–Trinajstić information content (AvgIpc) is 3.10. The van der Waals surface area contributed by atoms with E-state index >= 15 is 0 Å². The van der Waals surface area contributed by atoms with E-state index in [9.17, 15) is 5.11 Å². The van der Waals surface area contributed by atoms with Crippen molar-refractivity contribution in [3.8, 4) is 5.75 Å². The largest absolute Gasteiger partial charge is 0.489 e. The highest BCUT2D eigenvalue weighted by atomic mass is 35.5. The molecular weight excluding hydrogens is 328 g/mol. The van der Waals surface area contributed by atoms with Crippen LogP contribution in [0.2, 0.25) is 5.02 Å². The van der Waals surface area contributed by atoms with Gasteiger partial charge in [-0.2, -0.15) is 0 Å². The maximum absolute atomic E-state index is 10.5. The Morgan fingerprint density at radius 1 is 1.29 bits per heavy atom. The van der Waals surface area contributed by atoms with Gasteiger partial charge in [-0.25, -0.2) is 0 Å². The minimum atomic E-state index is -0.722. The maximum atomic E-state index is 10.5. The van der Waals surface area contributed by atoms with Gasteiger partial charge in [0.2, 0.25) is 0 Å². The number of rotatable bonds is 6. The van der Waals surface area contributed by atoms with Gasteiger partial charge in [-0.3, -0.25) is 0 Å². The van der Waals surface area contributed by atoms with Crippen molar-refractivity contribution in [2.75, 3.05) is 32.8 Å². The lowest BCUT2D eigenvalue weighted by molar-refractivity contribution is 0.0256. The smallest absolute Gasteiger partial charge is 0.138 e. The summed E-state index contributed by atoms with van der Waals surface area (Å²) in [6.45, 7) is 4.30. The summed E-state index contributed by atoms with van der Waals surface area (Å²) in [5.74, 6) is 0.660. The van der Waals surface area contributed by atoms with Gasteiger partial charge < -0.3 is 25.2 Å². The Morgan fingerprint density at radius 3 is 2.67 bits per heavy atom. The number of aliphatic hydroxyl groups excluding tert-OH is 1. The Morgan fingerprint density at radius 2 is 2.00 bits per heavy atom. The van der Waals surface area contributed by atoms with Crippen LogP contribution in [0, 0.1) is 0 Å². The standard InChI is InChI=1S/C18H27ClN2O3/c19-15-11-13(18(22)16(20)12-21-7-1-2-8-21)3-4-17(15)24-14-5-9-23-10-6-14/h3-4,11,14,16,18,22H,1-2,5-10,12,20H2/t16-,18-/m1/s1. The lowest BCUT2D eigenvalue weighted by Gasteiger charge is -2.26. The molecule has 0 unspecified atom stereocenters. The molecule has 2 fully saturated rings. The molecular formula is C18H27ClN2O3. The van der Waals surface area contributed by atoms with Crippen LogP contribution < -0.4 is 10.5 Å². The maximum Gasteiger partial charge on any atom is 0.138 e. The first-order valence-corrected chi connectivity index (χ1v) is 9.21. The van der Waals surface area contributed by atoms with E-state index in [2.05, 4.69) is 4.90 Å². The second-order valence-electron chi connectivity index (χ2n) is 6.74. The SMILES string of the molecule is N[C@H](CN1CCCC1)[C@H](O)c1ccc(OC2CCOCC2)c(Cl)c1. The van der Waals surface area contributed by atoms with Crippen LogP contribution in [-0.4, -0.2) is 55.0 Å². The monoisotopic (exact) mass is 354 g/mol. The molecule has 3 N–H and O–H groups in total. The van der Waals surface area contributed by atoms with E-state index in [1.807, 2.05) is 12.1 Å². The molecule has 2 aliphatic heterocycles. The zero-order valence-electron chi connectivity index (χ0n) is 14.0. The molecule has 24 heavy (non-hydrogen) atoms. The van der Waals surface area contributed by atoms with Crippen molar-refractivity contribution in [1.82, 2.24) is 4.90 Å². The fraction of sp³-hybridized carbons (Fsp3) is 0.667. The Labute approximate surface area is 148 Å². The molecule has 2 saturated heterocycles. The van der Waals surface area contributed by atoms with Crippen molar-refractivity contribution in [3.63, 3.8) is 0 Å². The number of hydrogen-bond donors (Lipinski definition) is 2. The zero-order chi connectivity index (χ0) is 16.9. The third kappa shape index (κ3) is 4.61. The molecule has 0 aromatic heterocycles. The highest BCUT2D eigenvalue weighted by molar-refractivity contribution is 6.32. The summed E-state index contributed by atoms with van der Waals surface area (Å²) in [6.07, 6.45) is 3.60. The van der Waals surface area contributed by atoms with Crippen molar-refractivity contribution in [3.05, 3.63) is 28.8 Å². The summed E-state index contributed by atoms with van der Waals surface area (Å²) in [5.41, 5.74) is 6.93. The molecule has 6 heteroatoms. The quantitative estimate of drug-likeness (QED) is 0.820. The van der Waals surface area contributed by atoms with Gasteiger partial charge in [0.15, 0.2) is 0 Å². The summed E-state index contributed by atoms with van der Waals surface area (Å²) in [7, 11) is 0. The lowest BCUT2D eigenvalue weighted by atomic mass is 10.0. The van der Waals surface area contributed by atoms with Crippen molar-refractivity contribution >= 4 is 11.6 Å².